The molecule has 212 valence electrons. The van der Waals surface area contributed by atoms with Gasteiger partial charge in [0.2, 0.25) is 5.91 Å². The molecule has 1 unspecified atom stereocenters. The molecule has 2 aromatic rings. The van der Waals surface area contributed by atoms with Crippen molar-refractivity contribution in [2.24, 2.45) is 11.8 Å². The Hall–Kier alpha value is -3.74. The highest BCUT2D eigenvalue weighted by Gasteiger charge is 2.43. The molecule has 0 radical (unpaired) electrons. The van der Waals surface area contributed by atoms with Gasteiger partial charge in [-0.3, -0.25) is 9.59 Å². The lowest BCUT2D eigenvalue weighted by Crippen LogP contribution is -2.55. The van der Waals surface area contributed by atoms with Crippen LogP contribution in [0.3, 0.4) is 0 Å². The Balaban J connectivity index is 1.67. The van der Waals surface area contributed by atoms with Crippen molar-refractivity contribution in [3.05, 3.63) is 88.8 Å². The SMILES string of the molecule is CCOC(=O)C1=CCC([C@H]2[C@@H](C(=O)Nc3cccc(C(C)(C)C)c3)CCCN2C(=O)c2c(C)cccc2F)C=C1. The number of ether oxygens (including phenoxy) is 1. The van der Waals surface area contributed by atoms with E-state index in [-0.39, 0.29) is 29.4 Å². The number of carbonyl (C=O) groups is 3. The summed E-state index contributed by atoms with van der Waals surface area (Å²) < 4.78 is 20.0. The zero-order valence-corrected chi connectivity index (χ0v) is 24.0. The van der Waals surface area contributed by atoms with Crippen molar-refractivity contribution in [1.82, 2.24) is 4.90 Å². The first-order valence-corrected chi connectivity index (χ1v) is 14.0. The third-order valence-corrected chi connectivity index (χ3v) is 7.80. The van der Waals surface area contributed by atoms with Crippen LogP contribution in [0.15, 0.2) is 66.3 Å². The van der Waals surface area contributed by atoms with E-state index < -0.39 is 29.7 Å². The van der Waals surface area contributed by atoms with Gasteiger partial charge in [-0.2, -0.15) is 0 Å². The Bertz CT molecular complexity index is 1320. The molecule has 2 aromatic carbocycles. The van der Waals surface area contributed by atoms with Crippen LogP contribution in [0.4, 0.5) is 10.1 Å². The van der Waals surface area contributed by atoms with E-state index >= 15 is 0 Å². The van der Waals surface area contributed by atoms with Gasteiger partial charge in [0.05, 0.1) is 29.7 Å². The molecule has 7 heteroatoms. The maximum Gasteiger partial charge on any atom is 0.337 e. The average Bonchev–Trinajstić information content (AvgIpc) is 2.92. The van der Waals surface area contributed by atoms with Crippen molar-refractivity contribution in [3.8, 4) is 0 Å². The maximum atomic E-state index is 14.9. The molecule has 0 saturated carbocycles. The van der Waals surface area contributed by atoms with E-state index in [4.69, 9.17) is 4.74 Å². The zero-order valence-electron chi connectivity index (χ0n) is 24.0. The van der Waals surface area contributed by atoms with E-state index in [1.54, 1.807) is 43.0 Å². The molecule has 1 saturated heterocycles. The quantitative estimate of drug-likeness (QED) is 0.428. The molecular weight excluding hydrogens is 507 g/mol. The number of esters is 1. The average molecular weight is 547 g/mol. The summed E-state index contributed by atoms with van der Waals surface area (Å²) in [6, 6.07) is 11.9. The number of benzene rings is 2. The third kappa shape index (κ3) is 6.35. The number of rotatable bonds is 6. The number of nitrogens with zero attached hydrogens (tertiary/aromatic N) is 1. The number of allylic oxidation sites excluding steroid dienone is 1. The van der Waals surface area contributed by atoms with Crippen molar-refractivity contribution < 1.29 is 23.5 Å². The van der Waals surface area contributed by atoms with Crippen molar-refractivity contribution in [2.75, 3.05) is 18.5 Å². The van der Waals surface area contributed by atoms with E-state index in [0.29, 0.717) is 42.6 Å². The van der Waals surface area contributed by atoms with Crippen LogP contribution >= 0.6 is 0 Å². The molecule has 1 N–H and O–H groups in total. The zero-order chi connectivity index (χ0) is 29.0. The third-order valence-electron chi connectivity index (χ3n) is 7.80. The summed E-state index contributed by atoms with van der Waals surface area (Å²) in [6.45, 7) is 10.5. The summed E-state index contributed by atoms with van der Waals surface area (Å²) in [5.74, 6) is -2.31. The number of hydrogen-bond acceptors (Lipinski definition) is 4. The minimum atomic E-state index is -0.571. The first-order chi connectivity index (χ1) is 19.0. The molecule has 6 nitrogen and oxygen atoms in total. The summed E-state index contributed by atoms with van der Waals surface area (Å²) in [7, 11) is 0. The molecule has 2 amide bonds. The number of carbonyl (C=O) groups excluding carboxylic acids is 3. The number of nitrogens with one attached hydrogen (secondary N) is 1. The number of aryl methyl sites for hydroxylation is 1. The summed E-state index contributed by atoms with van der Waals surface area (Å²) in [5.41, 5.74) is 2.77. The van der Waals surface area contributed by atoms with Crippen LogP contribution in [-0.4, -0.2) is 41.9 Å². The van der Waals surface area contributed by atoms with Crippen molar-refractivity contribution in [2.45, 2.75) is 65.3 Å². The highest BCUT2D eigenvalue weighted by Crippen LogP contribution is 2.36. The van der Waals surface area contributed by atoms with Crippen molar-refractivity contribution >= 4 is 23.5 Å². The Morgan fingerprint density at radius 1 is 1.12 bits per heavy atom. The first kappa shape index (κ1) is 29.2. The van der Waals surface area contributed by atoms with E-state index in [1.165, 1.54) is 6.07 Å². The van der Waals surface area contributed by atoms with Crippen LogP contribution in [-0.2, 0) is 19.7 Å². The van der Waals surface area contributed by atoms with Gasteiger partial charge in [-0.1, -0.05) is 63.3 Å². The topological polar surface area (TPSA) is 75.7 Å². The maximum absolute atomic E-state index is 14.9. The second-order valence-electron chi connectivity index (χ2n) is 11.6. The van der Waals surface area contributed by atoms with Crippen LogP contribution in [0.5, 0.6) is 0 Å². The van der Waals surface area contributed by atoms with Gasteiger partial charge in [0.25, 0.3) is 5.91 Å². The summed E-state index contributed by atoms with van der Waals surface area (Å²) >= 11 is 0. The number of halogens is 1. The predicted molar refractivity (Wildman–Crippen MR) is 154 cm³/mol. The second kappa shape index (κ2) is 12.2. The molecule has 0 bridgehead atoms. The molecule has 0 spiro atoms. The summed E-state index contributed by atoms with van der Waals surface area (Å²) in [6.07, 6.45) is 7.07. The lowest BCUT2D eigenvalue weighted by molar-refractivity contribution is -0.138. The minimum absolute atomic E-state index is 0.0361. The van der Waals surface area contributed by atoms with Crippen LogP contribution < -0.4 is 5.32 Å². The van der Waals surface area contributed by atoms with Gasteiger partial charge < -0.3 is 15.0 Å². The van der Waals surface area contributed by atoms with E-state index in [0.717, 1.165) is 5.56 Å². The van der Waals surface area contributed by atoms with Crippen LogP contribution in [0.1, 0.15) is 68.4 Å². The van der Waals surface area contributed by atoms with E-state index in [2.05, 4.69) is 26.1 Å². The fraction of sp³-hybridized carbons (Fsp3) is 0.424. The normalized spacial score (nSPS) is 21.0. The highest BCUT2D eigenvalue weighted by molar-refractivity contribution is 5.98. The highest BCUT2D eigenvalue weighted by atomic mass is 19.1. The van der Waals surface area contributed by atoms with Crippen LogP contribution in [0.25, 0.3) is 0 Å². The largest absolute Gasteiger partial charge is 0.462 e. The fourth-order valence-corrected chi connectivity index (χ4v) is 5.67. The number of piperidine rings is 1. The fourth-order valence-electron chi connectivity index (χ4n) is 5.67. The molecular formula is C33H39FN2O4. The molecule has 3 atom stereocenters. The van der Waals surface area contributed by atoms with Crippen LogP contribution in [0, 0.1) is 24.6 Å². The van der Waals surface area contributed by atoms with E-state index in [9.17, 15) is 18.8 Å². The summed E-state index contributed by atoms with van der Waals surface area (Å²) in [5, 5.41) is 3.09. The van der Waals surface area contributed by atoms with Crippen molar-refractivity contribution in [3.63, 3.8) is 0 Å². The first-order valence-electron chi connectivity index (χ1n) is 14.0. The molecule has 4 rings (SSSR count). The lowest BCUT2D eigenvalue weighted by Gasteiger charge is -2.44. The van der Waals surface area contributed by atoms with Gasteiger partial charge in [-0.05, 0) is 67.9 Å². The van der Waals surface area contributed by atoms with Gasteiger partial charge in [-0.25, -0.2) is 9.18 Å². The van der Waals surface area contributed by atoms with Gasteiger partial charge in [-0.15, -0.1) is 0 Å². The second-order valence-corrected chi connectivity index (χ2v) is 11.6. The molecule has 1 fully saturated rings. The number of anilines is 1. The minimum Gasteiger partial charge on any atom is -0.462 e. The van der Waals surface area contributed by atoms with Crippen molar-refractivity contribution in [1.29, 1.82) is 0 Å². The van der Waals surface area contributed by atoms with Gasteiger partial charge in [0, 0.05) is 18.2 Å². The smallest absolute Gasteiger partial charge is 0.337 e. The number of hydrogen-bond donors (Lipinski definition) is 1. The number of likely N-dealkylation sites (tertiary alicyclic amines) is 1. The predicted octanol–water partition coefficient (Wildman–Crippen LogP) is 6.36. The molecule has 1 heterocycles. The molecule has 1 aliphatic heterocycles. The van der Waals surface area contributed by atoms with Gasteiger partial charge in [0.1, 0.15) is 5.82 Å². The molecule has 2 aliphatic rings. The Morgan fingerprint density at radius 3 is 2.52 bits per heavy atom. The lowest BCUT2D eigenvalue weighted by atomic mass is 9.77. The van der Waals surface area contributed by atoms with E-state index in [1.807, 2.05) is 30.3 Å². The van der Waals surface area contributed by atoms with Gasteiger partial charge >= 0.3 is 5.97 Å². The monoisotopic (exact) mass is 546 g/mol. The van der Waals surface area contributed by atoms with Gasteiger partial charge in [0.15, 0.2) is 0 Å². The Morgan fingerprint density at radius 2 is 1.88 bits per heavy atom. The standard InChI is InChI=1S/C33H39FN2O4/c1-6-40-32(39)23-17-15-22(16-18-23)29-26(30(37)35-25-12-8-11-24(20-25)33(3,4)5)13-9-19-36(29)31(38)28-21(2)10-7-14-27(28)34/h7-8,10-12,14-15,17-18,20,22,26,29H,6,9,13,16,19H2,1-5H3,(H,35,37)/t22?,26-,29-/m0/s1. The molecule has 40 heavy (non-hydrogen) atoms. The summed E-state index contributed by atoms with van der Waals surface area (Å²) in [4.78, 5) is 41.7. The Labute approximate surface area is 236 Å². The van der Waals surface area contributed by atoms with Crippen LogP contribution in [0.2, 0.25) is 0 Å². The molecule has 1 aliphatic carbocycles. The number of amides is 2. The Kier molecular flexibility index (Phi) is 8.92. The molecule has 0 aromatic heterocycles.